The molecule has 33 heavy (non-hydrogen) atoms. The van der Waals surface area contributed by atoms with Crippen molar-refractivity contribution >= 4 is 16.9 Å². The van der Waals surface area contributed by atoms with Crippen molar-refractivity contribution in [2.45, 2.75) is 109 Å². The van der Waals surface area contributed by atoms with E-state index in [1.54, 1.807) is 0 Å². The molecule has 1 amide bonds. The van der Waals surface area contributed by atoms with Crippen LogP contribution in [0.15, 0.2) is 18.2 Å². The molecule has 2 aliphatic rings. The first-order valence-corrected chi connectivity index (χ1v) is 13.3. The Morgan fingerprint density at radius 1 is 1.12 bits per heavy atom. The summed E-state index contributed by atoms with van der Waals surface area (Å²) in [5, 5.41) is 9.45. The topological polar surface area (TPSA) is 61.9 Å². The van der Waals surface area contributed by atoms with Gasteiger partial charge in [0.2, 0.25) is 5.91 Å². The highest BCUT2D eigenvalue weighted by Gasteiger charge is 2.28. The van der Waals surface area contributed by atoms with Crippen LogP contribution in [0.3, 0.4) is 0 Å². The zero-order valence-corrected chi connectivity index (χ0v) is 20.6. The average Bonchev–Trinajstić information content (AvgIpc) is 3.22. The molecule has 2 aromatic rings. The van der Waals surface area contributed by atoms with Crippen LogP contribution in [0, 0.1) is 17.2 Å². The maximum absolute atomic E-state index is 13.3. The molecule has 5 heteroatoms. The molecule has 0 N–H and O–H groups in total. The van der Waals surface area contributed by atoms with E-state index < -0.39 is 0 Å². The Labute approximate surface area is 199 Å². The van der Waals surface area contributed by atoms with E-state index in [2.05, 4.69) is 29.4 Å². The largest absolute Gasteiger partial charge is 0.340 e. The summed E-state index contributed by atoms with van der Waals surface area (Å²) in [5.41, 5.74) is 2.62. The van der Waals surface area contributed by atoms with Gasteiger partial charge in [0.1, 0.15) is 5.82 Å². The Morgan fingerprint density at radius 3 is 2.55 bits per heavy atom. The number of nitrogens with zero attached hydrogens (tertiary/aromatic N) is 4. The molecule has 2 fully saturated rings. The number of carbonyl (C=O) groups is 1. The van der Waals surface area contributed by atoms with E-state index in [0.29, 0.717) is 30.5 Å². The van der Waals surface area contributed by atoms with Crippen molar-refractivity contribution in [3.05, 3.63) is 29.6 Å². The number of hydrogen-bond donors (Lipinski definition) is 0. The lowest BCUT2D eigenvalue weighted by atomic mass is 9.79. The standard InChI is InChI=1S/C28H40N4O/c1-3-8-21-11-14-23(15-12-21)28-30-25-16-13-22(20-29)19-26(25)32(28)18-17-27(33)31(4-2)24-9-6-5-7-10-24/h13,16,19,21,23-24H,3-12,14-15,17-18H2,1-2H3. The predicted molar refractivity (Wildman–Crippen MR) is 133 cm³/mol. The van der Waals surface area contributed by atoms with Gasteiger partial charge in [0.25, 0.3) is 0 Å². The number of rotatable bonds is 8. The monoisotopic (exact) mass is 448 g/mol. The van der Waals surface area contributed by atoms with Gasteiger partial charge < -0.3 is 9.47 Å². The van der Waals surface area contributed by atoms with E-state index in [1.165, 1.54) is 57.8 Å². The van der Waals surface area contributed by atoms with Crippen LogP contribution in [0.1, 0.15) is 108 Å². The summed E-state index contributed by atoms with van der Waals surface area (Å²) in [6, 6.07) is 8.47. The maximum Gasteiger partial charge on any atom is 0.224 e. The van der Waals surface area contributed by atoms with Crippen LogP contribution in [-0.2, 0) is 11.3 Å². The van der Waals surface area contributed by atoms with E-state index in [1.807, 2.05) is 18.2 Å². The van der Waals surface area contributed by atoms with Crippen molar-refractivity contribution in [3.8, 4) is 6.07 Å². The zero-order valence-electron chi connectivity index (χ0n) is 20.6. The van der Waals surface area contributed by atoms with Crippen molar-refractivity contribution in [3.63, 3.8) is 0 Å². The van der Waals surface area contributed by atoms with Crippen molar-refractivity contribution < 1.29 is 4.79 Å². The zero-order chi connectivity index (χ0) is 23.2. The molecule has 178 valence electrons. The second kappa shape index (κ2) is 11.2. The molecule has 5 nitrogen and oxygen atoms in total. The van der Waals surface area contributed by atoms with Gasteiger partial charge >= 0.3 is 0 Å². The van der Waals surface area contributed by atoms with Crippen LogP contribution >= 0.6 is 0 Å². The average molecular weight is 449 g/mol. The first kappa shape index (κ1) is 23.8. The van der Waals surface area contributed by atoms with E-state index >= 15 is 0 Å². The fraction of sp³-hybridized carbons (Fsp3) is 0.679. The normalized spacial score (nSPS) is 21.7. The number of aromatic nitrogens is 2. The lowest BCUT2D eigenvalue weighted by Gasteiger charge is -2.34. The summed E-state index contributed by atoms with van der Waals surface area (Å²) in [6.45, 7) is 5.83. The smallest absolute Gasteiger partial charge is 0.224 e. The lowest BCUT2D eigenvalue weighted by molar-refractivity contribution is -0.134. The molecule has 4 rings (SSSR count). The molecule has 1 heterocycles. The number of aryl methyl sites for hydroxylation is 1. The molecule has 0 spiro atoms. The minimum Gasteiger partial charge on any atom is -0.340 e. The number of imidazole rings is 1. The summed E-state index contributed by atoms with van der Waals surface area (Å²) < 4.78 is 2.27. The Kier molecular flexibility index (Phi) is 8.06. The van der Waals surface area contributed by atoms with Gasteiger partial charge in [-0.25, -0.2) is 4.98 Å². The highest BCUT2D eigenvalue weighted by molar-refractivity contribution is 5.79. The third kappa shape index (κ3) is 5.42. The van der Waals surface area contributed by atoms with Gasteiger partial charge in [-0.2, -0.15) is 5.26 Å². The summed E-state index contributed by atoms with van der Waals surface area (Å²) in [4.78, 5) is 20.4. The Balaban J connectivity index is 1.55. The number of hydrogen-bond acceptors (Lipinski definition) is 3. The predicted octanol–water partition coefficient (Wildman–Crippen LogP) is 6.55. The Bertz CT molecular complexity index is 974. The summed E-state index contributed by atoms with van der Waals surface area (Å²) in [5.74, 6) is 2.69. The fourth-order valence-corrected chi connectivity index (χ4v) is 6.26. The SMILES string of the molecule is CCCC1CCC(c2nc3ccc(C#N)cc3n2CCC(=O)N(CC)C2CCCCC2)CC1. The Morgan fingerprint density at radius 2 is 1.88 bits per heavy atom. The van der Waals surface area contributed by atoms with Crippen LogP contribution in [0.25, 0.3) is 11.0 Å². The molecule has 2 aliphatic carbocycles. The van der Waals surface area contributed by atoms with Crippen molar-refractivity contribution in [1.29, 1.82) is 5.26 Å². The summed E-state index contributed by atoms with van der Waals surface area (Å²) in [6.07, 6.45) is 14.1. The second-order valence-corrected chi connectivity index (χ2v) is 10.2. The number of amides is 1. The van der Waals surface area contributed by atoms with E-state index in [9.17, 15) is 10.1 Å². The van der Waals surface area contributed by atoms with E-state index in [-0.39, 0.29) is 5.91 Å². The molecule has 0 saturated heterocycles. The number of carbonyl (C=O) groups excluding carboxylic acids is 1. The third-order valence-corrected chi connectivity index (χ3v) is 8.04. The maximum atomic E-state index is 13.3. The van der Waals surface area contributed by atoms with Gasteiger partial charge in [0.15, 0.2) is 0 Å². The molecule has 0 unspecified atom stereocenters. The number of nitriles is 1. The van der Waals surface area contributed by atoms with Gasteiger partial charge in [0, 0.05) is 31.5 Å². The quantitative estimate of drug-likeness (QED) is 0.460. The van der Waals surface area contributed by atoms with Crippen LogP contribution in [0.2, 0.25) is 0 Å². The van der Waals surface area contributed by atoms with E-state index in [0.717, 1.165) is 42.2 Å². The third-order valence-electron chi connectivity index (χ3n) is 8.04. The highest BCUT2D eigenvalue weighted by Crippen LogP contribution is 2.38. The minimum atomic E-state index is 0.264. The number of benzene rings is 1. The van der Waals surface area contributed by atoms with Crippen LogP contribution < -0.4 is 0 Å². The van der Waals surface area contributed by atoms with E-state index in [4.69, 9.17) is 4.98 Å². The first-order chi connectivity index (χ1) is 16.1. The minimum absolute atomic E-state index is 0.264. The highest BCUT2D eigenvalue weighted by atomic mass is 16.2. The van der Waals surface area contributed by atoms with Gasteiger partial charge in [-0.3, -0.25) is 4.79 Å². The van der Waals surface area contributed by atoms with Crippen LogP contribution in [0.5, 0.6) is 0 Å². The molecule has 1 aromatic carbocycles. The molecule has 0 bridgehead atoms. The number of fused-ring (bicyclic) bond motifs is 1. The van der Waals surface area contributed by atoms with Crippen LogP contribution in [-0.4, -0.2) is 32.9 Å². The molecule has 0 aliphatic heterocycles. The van der Waals surface area contributed by atoms with Crippen LogP contribution in [0.4, 0.5) is 0 Å². The fourth-order valence-electron chi connectivity index (χ4n) is 6.26. The molecular weight excluding hydrogens is 408 g/mol. The van der Waals surface area contributed by atoms with Gasteiger partial charge in [-0.05, 0) is 69.6 Å². The molecule has 0 radical (unpaired) electrons. The molecular formula is C28H40N4O. The first-order valence-electron chi connectivity index (χ1n) is 13.3. The molecule has 0 atom stereocenters. The van der Waals surface area contributed by atoms with Crippen molar-refractivity contribution in [2.75, 3.05) is 6.54 Å². The molecule has 2 saturated carbocycles. The van der Waals surface area contributed by atoms with Crippen molar-refractivity contribution in [1.82, 2.24) is 14.5 Å². The van der Waals surface area contributed by atoms with Gasteiger partial charge in [-0.15, -0.1) is 0 Å². The lowest BCUT2D eigenvalue weighted by Crippen LogP contribution is -2.41. The van der Waals surface area contributed by atoms with Crippen molar-refractivity contribution in [2.24, 2.45) is 5.92 Å². The summed E-state index contributed by atoms with van der Waals surface area (Å²) in [7, 11) is 0. The van der Waals surface area contributed by atoms with Gasteiger partial charge in [-0.1, -0.05) is 39.0 Å². The summed E-state index contributed by atoms with van der Waals surface area (Å²) >= 11 is 0. The molecule has 1 aromatic heterocycles. The Hall–Kier alpha value is -2.35. The second-order valence-electron chi connectivity index (χ2n) is 10.2. The van der Waals surface area contributed by atoms with Gasteiger partial charge in [0.05, 0.1) is 22.7 Å².